The minimum Gasteiger partial charge on any atom is -0.483 e. The molecule has 0 spiro atoms. The van der Waals surface area contributed by atoms with E-state index in [-0.39, 0.29) is 13.0 Å². The average molecular weight is 477 g/mol. The maximum Gasteiger partial charge on any atom is 0.309 e. The molecule has 0 radical (unpaired) electrons. The van der Waals surface area contributed by atoms with Crippen LogP contribution in [0.3, 0.4) is 0 Å². The molecule has 0 aliphatic carbocycles. The molecule has 0 aromatic heterocycles. The van der Waals surface area contributed by atoms with Crippen molar-refractivity contribution in [1.82, 2.24) is 0 Å². The molecule has 7 heteroatoms. The van der Waals surface area contributed by atoms with Gasteiger partial charge in [-0.3, -0.25) is 4.79 Å². The maximum absolute atomic E-state index is 10.7. The van der Waals surface area contributed by atoms with Crippen molar-refractivity contribution in [2.75, 3.05) is 24.6 Å². The van der Waals surface area contributed by atoms with Crippen LogP contribution >= 0.6 is 0 Å². The Morgan fingerprint density at radius 1 is 1.20 bits per heavy atom. The lowest BCUT2D eigenvalue weighted by Gasteiger charge is -2.16. The van der Waals surface area contributed by atoms with Gasteiger partial charge in [0.1, 0.15) is 6.61 Å². The van der Waals surface area contributed by atoms with E-state index in [9.17, 15) is 10.1 Å². The Balaban J connectivity index is 0.00000210. The Morgan fingerprint density at radius 2 is 1.94 bits per heavy atom. The third-order valence-corrected chi connectivity index (χ3v) is 4.89. The number of carbonyl (C=O) groups is 1. The molecule has 3 rings (SSSR count). The summed E-state index contributed by atoms with van der Waals surface area (Å²) in [7, 11) is 0. The van der Waals surface area contributed by atoms with E-state index in [2.05, 4.69) is 17.9 Å². The highest BCUT2D eigenvalue weighted by Gasteiger charge is 2.24. The number of hydrogen-bond acceptors (Lipinski definition) is 5. The van der Waals surface area contributed by atoms with Crippen molar-refractivity contribution in [1.29, 1.82) is 5.26 Å². The second-order valence-corrected chi connectivity index (χ2v) is 7.35. The number of aliphatic carboxylic acids is 1. The molecule has 7 nitrogen and oxygen atoms in total. The van der Waals surface area contributed by atoms with E-state index in [1.165, 1.54) is 0 Å². The first-order chi connectivity index (χ1) is 17.1. The highest BCUT2D eigenvalue weighted by atomic mass is 16.5. The van der Waals surface area contributed by atoms with E-state index in [4.69, 9.17) is 14.6 Å². The molecule has 1 aliphatic heterocycles. The van der Waals surface area contributed by atoms with Gasteiger partial charge in [0.25, 0.3) is 0 Å². The molecular formula is C28H34N3O4+. The van der Waals surface area contributed by atoms with Gasteiger partial charge in [0.05, 0.1) is 30.3 Å². The van der Waals surface area contributed by atoms with E-state index >= 15 is 0 Å². The molecule has 0 unspecified atom stereocenters. The Hall–Kier alpha value is -4.02. The Bertz CT molecular complexity index is 1100. The van der Waals surface area contributed by atoms with Crippen LogP contribution in [-0.4, -0.2) is 30.8 Å². The number of fused-ring (bicyclic) bond motifs is 1. The third kappa shape index (κ3) is 8.36. The van der Waals surface area contributed by atoms with Gasteiger partial charge in [-0.25, -0.2) is 0 Å². The van der Waals surface area contributed by atoms with E-state index in [0.29, 0.717) is 23.8 Å². The molecular weight excluding hydrogens is 442 g/mol. The predicted molar refractivity (Wildman–Crippen MR) is 138 cm³/mol. The van der Waals surface area contributed by atoms with Gasteiger partial charge in [0.15, 0.2) is 17.2 Å². The van der Waals surface area contributed by atoms with Crippen LogP contribution in [0.5, 0.6) is 11.5 Å². The zero-order valence-corrected chi connectivity index (χ0v) is 20.6. The molecule has 2 aromatic carbocycles. The number of ether oxygens (including phenoxy) is 2. The average Bonchev–Trinajstić information content (AvgIpc) is 3.23. The molecule has 1 heterocycles. The van der Waals surface area contributed by atoms with Crippen molar-refractivity contribution in [2.24, 2.45) is 0 Å². The van der Waals surface area contributed by atoms with Gasteiger partial charge in [0, 0.05) is 18.7 Å². The molecule has 3 N–H and O–H groups in total. The fraction of sp³-hybridized carbons (Fsp3) is 0.286. The van der Waals surface area contributed by atoms with Crippen molar-refractivity contribution in [3.8, 4) is 17.6 Å². The quantitative estimate of drug-likeness (QED) is 0.271. The smallest absolute Gasteiger partial charge is 0.309 e. The van der Waals surface area contributed by atoms with Crippen molar-refractivity contribution in [3.63, 3.8) is 0 Å². The van der Waals surface area contributed by atoms with Gasteiger partial charge in [-0.2, -0.15) is 5.26 Å². The first kappa shape index (κ1) is 27.2. The van der Waals surface area contributed by atoms with Crippen LogP contribution in [0.25, 0.3) is 0 Å². The zero-order chi connectivity index (χ0) is 25.5. The van der Waals surface area contributed by atoms with Gasteiger partial charge in [0.2, 0.25) is 5.88 Å². The van der Waals surface area contributed by atoms with Crippen LogP contribution in [0.15, 0.2) is 84.3 Å². The lowest BCUT2D eigenvalue weighted by atomic mass is 10.2. The highest BCUT2D eigenvalue weighted by molar-refractivity contribution is 5.67. The first-order valence-electron chi connectivity index (χ1n) is 11.9. The van der Waals surface area contributed by atoms with Gasteiger partial charge in [-0.05, 0) is 42.8 Å². The van der Waals surface area contributed by atoms with Gasteiger partial charge < -0.3 is 24.8 Å². The minimum absolute atomic E-state index is 0.0740. The number of nitrogens with two attached hydrogens (primary N) is 1. The lowest BCUT2D eigenvalue weighted by molar-refractivity contribution is -0.570. The molecule has 2 aromatic rings. The van der Waals surface area contributed by atoms with Crippen LogP contribution in [0.4, 0.5) is 11.4 Å². The predicted octanol–water partition coefficient (Wildman–Crippen LogP) is 4.92. The fourth-order valence-corrected chi connectivity index (χ4v) is 3.37. The van der Waals surface area contributed by atoms with Gasteiger partial charge >= 0.3 is 5.97 Å². The number of rotatable bonds is 11. The number of allylic oxidation sites excluding steroid dienone is 4. The molecule has 0 bridgehead atoms. The summed E-state index contributed by atoms with van der Waals surface area (Å²) in [6.45, 7) is 7.65. The van der Waals surface area contributed by atoms with Crippen LogP contribution < -0.4 is 19.7 Å². The standard InChI is InChI=1S/C26H27N3O4.C2H6/c1-2-17-29-22-10-4-6-12-24(22)33-25(29)14-13-20(19-27)8-7-18-32-23-11-5-3-9-21(23)28-16-15-26(30)31;1-2/h3-14,28H,2,15-18H2,1H3,(H,30,31);1-2H3/p+1/b8-7+,20-13-,25-14-;. The Morgan fingerprint density at radius 3 is 2.69 bits per heavy atom. The summed E-state index contributed by atoms with van der Waals surface area (Å²) in [5, 5.41) is 20.1. The second-order valence-electron chi connectivity index (χ2n) is 7.35. The van der Waals surface area contributed by atoms with Crippen LogP contribution in [0.1, 0.15) is 33.6 Å². The number of nitrogens with zero attached hydrogens (tertiary/aromatic N) is 2. The van der Waals surface area contributed by atoms with E-state index in [1.54, 1.807) is 18.2 Å². The minimum atomic E-state index is -0.830. The summed E-state index contributed by atoms with van der Waals surface area (Å²) in [6, 6.07) is 17.5. The zero-order valence-electron chi connectivity index (χ0n) is 20.6. The summed E-state index contributed by atoms with van der Waals surface area (Å²) < 4.78 is 11.8. The van der Waals surface area contributed by atoms with Crippen molar-refractivity contribution >= 4 is 17.3 Å². The van der Waals surface area contributed by atoms with Crippen LogP contribution in [0, 0.1) is 11.3 Å². The topological polar surface area (TPSA) is 99.4 Å². The van der Waals surface area contributed by atoms with Crippen molar-refractivity contribution in [2.45, 2.75) is 33.6 Å². The normalized spacial score (nSPS) is 13.6. The van der Waals surface area contributed by atoms with E-state index in [0.717, 1.165) is 30.1 Å². The fourth-order valence-electron chi connectivity index (χ4n) is 3.37. The highest BCUT2D eigenvalue weighted by Crippen LogP contribution is 2.38. The summed E-state index contributed by atoms with van der Waals surface area (Å²) in [4.78, 5) is 12.8. The number of quaternary nitrogens is 1. The molecule has 0 amide bonds. The van der Waals surface area contributed by atoms with Crippen LogP contribution in [-0.2, 0) is 4.79 Å². The summed E-state index contributed by atoms with van der Waals surface area (Å²) >= 11 is 0. The number of benzene rings is 2. The second kappa shape index (κ2) is 15.0. The molecule has 0 fully saturated rings. The molecule has 1 aliphatic rings. The number of nitriles is 1. The van der Waals surface area contributed by atoms with Gasteiger partial charge in [-0.1, -0.05) is 45.0 Å². The summed E-state index contributed by atoms with van der Waals surface area (Å²) in [5.41, 5.74) is 2.35. The third-order valence-electron chi connectivity index (χ3n) is 4.89. The number of carboxylic acids is 1. The number of hydrogen-bond donors (Lipinski definition) is 2. The Kier molecular flexibility index (Phi) is 11.7. The SMILES string of the molecule is CC.CCCN1/C(=C/C=C(C#N)/C=C/COc2ccccc2[NH2+]CCC(=O)O)Oc2ccccc21. The number of carboxylic acid groups (broad SMARTS) is 1. The summed E-state index contributed by atoms with van der Waals surface area (Å²) in [5.74, 6) is 1.35. The number of para-hydroxylation sites is 4. The van der Waals surface area contributed by atoms with Crippen LogP contribution in [0.2, 0.25) is 0 Å². The molecule has 0 saturated heterocycles. The van der Waals surface area contributed by atoms with Crippen molar-refractivity contribution in [3.05, 3.63) is 84.3 Å². The monoisotopic (exact) mass is 476 g/mol. The Labute approximate surface area is 207 Å². The summed E-state index contributed by atoms with van der Waals surface area (Å²) in [6.07, 6.45) is 8.07. The molecule has 0 atom stereocenters. The lowest BCUT2D eigenvalue weighted by Crippen LogP contribution is -2.78. The first-order valence-corrected chi connectivity index (χ1v) is 11.9. The van der Waals surface area contributed by atoms with E-state index < -0.39 is 5.97 Å². The van der Waals surface area contributed by atoms with Crippen molar-refractivity contribution < 1.29 is 24.7 Å². The molecule has 0 saturated carbocycles. The molecule has 35 heavy (non-hydrogen) atoms. The maximum atomic E-state index is 10.7. The van der Waals surface area contributed by atoms with Gasteiger partial charge in [-0.15, -0.1) is 0 Å². The molecule has 184 valence electrons. The largest absolute Gasteiger partial charge is 0.483 e. The number of anilines is 1. The van der Waals surface area contributed by atoms with E-state index in [1.807, 2.05) is 73.8 Å².